The molecule has 112 valence electrons. The van der Waals surface area contributed by atoms with Gasteiger partial charge in [0.05, 0.1) is 4.88 Å². The molecule has 0 amide bonds. The molecule has 0 aliphatic carbocycles. The molecule has 3 aromatic rings. The van der Waals surface area contributed by atoms with E-state index in [1.807, 2.05) is 43.5 Å². The molecule has 0 fully saturated rings. The highest BCUT2D eigenvalue weighted by molar-refractivity contribution is 7.10. The molecule has 3 rings (SSSR count). The van der Waals surface area contributed by atoms with Gasteiger partial charge in [-0.1, -0.05) is 19.1 Å². The first-order valence-electron chi connectivity index (χ1n) is 7.23. The molecule has 3 nitrogen and oxygen atoms in total. The van der Waals surface area contributed by atoms with Gasteiger partial charge >= 0.3 is 0 Å². The Balaban J connectivity index is 2.15. The minimum absolute atomic E-state index is 0.302. The number of aromatic hydroxyl groups is 1. The Kier molecular flexibility index (Phi) is 3.86. The number of phenolic OH excluding ortho intramolecular Hbond substituents is 1. The normalized spacial score (nSPS) is 10.8. The summed E-state index contributed by atoms with van der Waals surface area (Å²) in [6, 6.07) is 11.6. The molecule has 0 bridgehead atoms. The second kappa shape index (κ2) is 5.81. The zero-order valence-corrected chi connectivity index (χ0v) is 13.4. The molecular weight excluding hydrogens is 292 g/mol. The van der Waals surface area contributed by atoms with Crippen LogP contribution in [0.1, 0.15) is 18.1 Å². The predicted molar refractivity (Wildman–Crippen MR) is 93.2 cm³/mol. The highest BCUT2D eigenvalue weighted by atomic mass is 32.1. The summed E-state index contributed by atoms with van der Waals surface area (Å²) in [4.78, 5) is 0.983. The van der Waals surface area contributed by atoms with Crippen LogP contribution in [-0.4, -0.2) is 9.48 Å². The number of nitrogen functional groups attached to an aromatic ring is 1. The number of phenols is 1. The van der Waals surface area contributed by atoms with Crippen molar-refractivity contribution in [3.8, 4) is 27.3 Å². The van der Waals surface area contributed by atoms with Crippen molar-refractivity contribution >= 4 is 17.2 Å². The molecule has 0 aliphatic heterocycles. The van der Waals surface area contributed by atoms with Gasteiger partial charge in [-0.15, -0.1) is 0 Å². The van der Waals surface area contributed by atoms with E-state index in [0.29, 0.717) is 5.75 Å². The van der Waals surface area contributed by atoms with Crippen LogP contribution in [0.4, 0.5) is 5.69 Å². The molecule has 3 N–H and O–H groups in total. The number of hydrogen-bond donors (Lipinski definition) is 2. The van der Waals surface area contributed by atoms with Gasteiger partial charge in [-0.25, -0.2) is 0 Å². The summed E-state index contributed by atoms with van der Waals surface area (Å²) in [5.74, 6) is 0.302. The van der Waals surface area contributed by atoms with Gasteiger partial charge in [-0.05, 0) is 65.8 Å². The van der Waals surface area contributed by atoms with Crippen LogP contribution in [0.2, 0.25) is 0 Å². The predicted octanol–water partition coefficient (Wildman–Crippen LogP) is 4.64. The summed E-state index contributed by atoms with van der Waals surface area (Å²) >= 11 is 1.40. The maximum atomic E-state index is 10.4. The molecule has 0 aliphatic rings. The first-order chi connectivity index (χ1) is 10.6. The molecule has 22 heavy (non-hydrogen) atoms. The Hall–Kier alpha value is -2.33. The molecule has 1 heterocycles. The van der Waals surface area contributed by atoms with E-state index in [1.165, 1.54) is 17.1 Å². The second-order valence-electron chi connectivity index (χ2n) is 5.34. The third-order valence-electron chi connectivity index (χ3n) is 3.87. The second-order valence-corrected chi connectivity index (χ2v) is 6.14. The van der Waals surface area contributed by atoms with Crippen LogP contribution >= 0.6 is 11.5 Å². The fourth-order valence-corrected chi connectivity index (χ4v) is 3.40. The van der Waals surface area contributed by atoms with Crippen LogP contribution in [0, 0.1) is 6.92 Å². The van der Waals surface area contributed by atoms with Crippen molar-refractivity contribution < 1.29 is 5.11 Å². The minimum Gasteiger partial charge on any atom is -0.507 e. The van der Waals surface area contributed by atoms with Gasteiger partial charge in [0.2, 0.25) is 0 Å². The number of nitrogens with zero attached hydrogens (tertiary/aromatic N) is 1. The van der Waals surface area contributed by atoms with E-state index in [1.54, 1.807) is 0 Å². The van der Waals surface area contributed by atoms with E-state index < -0.39 is 0 Å². The average molecular weight is 310 g/mol. The van der Waals surface area contributed by atoms with Crippen LogP contribution in [0.3, 0.4) is 0 Å². The lowest BCUT2D eigenvalue weighted by Gasteiger charge is -2.10. The van der Waals surface area contributed by atoms with Crippen LogP contribution in [0.25, 0.3) is 21.6 Å². The van der Waals surface area contributed by atoms with Crippen molar-refractivity contribution in [2.24, 2.45) is 0 Å². The van der Waals surface area contributed by atoms with Gasteiger partial charge in [0.1, 0.15) is 5.75 Å². The maximum Gasteiger partial charge on any atom is 0.124 e. The number of anilines is 1. The number of nitrogens with two attached hydrogens (primary N) is 1. The molecule has 1 aromatic heterocycles. The Bertz CT molecular complexity index is 806. The Morgan fingerprint density at radius 2 is 1.86 bits per heavy atom. The van der Waals surface area contributed by atoms with Crippen molar-refractivity contribution in [3.05, 3.63) is 53.7 Å². The van der Waals surface area contributed by atoms with Gasteiger partial charge in [0.25, 0.3) is 0 Å². The van der Waals surface area contributed by atoms with Crippen LogP contribution in [0.5, 0.6) is 5.75 Å². The fraction of sp³-hybridized carbons (Fsp3) is 0.167. The lowest BCUT2D eigenvalue weighted by molar-refractivity contribution is 0.477. The van der Waals surface area contributed by atoms with Gasteiger partial charge in [-0.2, -0.15) is 4.37 Å². The van der Waals surface area contributed by atoms with Crippen LogP contribution in [-0.2, 0) is 6.42 Å². The average Bonchev–Trinajstić information content (AvgIpc) is 2.97. The molecule has 0 spiro atoms. The standard InChI is InChI=1S/C18H18N2OS/c1-3-12-9-15(17(21)8-11(12)2)18-16(10-20-22-18)13-4-6-14(19)7-5-13/h4-10,21H,3,19H2,1-2H3. The lowest BCUT2D eigenvalue weighted by atomic mass is 9.97. The SMILES string of the molecule is CCc1cc(-c2sncc2-c2ccc(N)cc2)c(O)cc1C. The highest BCUT2D eigenvalue weighted by Crippen LogP contribution is 2.40. The minimum atomic E-state index is 0.302. The van der Waals surface area contributed by atoms with E-state index >= 15 is 0 Å². The molecule has 0 unspecified atom stereocenters. The largest absolute Gasteiger partial charge is 0.507 e. The zero-order valence-electron chi connectivity index (χ0n) is 12.6. The summed E-state index contributed by atoms with van der Waals surface area (Å²) < 4.78 is 4.32. The summed E-state index contributed by atoms with van der Waals surface area (Å²) in [6.45, 7) is 4.15. The molecule has 0 saturated heterocycles. The van der Waals surface area contributed by atoms with Crippen LogP contribution in [0.15, 0.2) is 42.6 Å². The van der Waals surface area contributed by atoms with E-state index in [-0.39, 0.29) is 0 Å². The van der Waals surface area contributed by atoms with Gasteiger partial charge in [0.15, 0.2) is 0 Å². The maximum absolute atomic E-state index is 10.4. The summed E-state index contributed by atoms with van der Waals surface area (Å²) in [5, 5.41) is 10.4. The quantitative estimate of drug-likeness (QED) is 0.693. The first-order valence-corrected chi connectivity index (χ1v) is 8.01. The fourth-order valence-electron chi connectivity index (χ4n) is 2.60. The molecule has 0 radical (unpaired) electrons. The summed E-state index contributed by atoms with van der Waals surface area (Å²) in [5.41, 5.74) is 11.8. The molecule has 0 saturated carbocycles. The number of aryl methyl sites for hydroxylation is 2. The monoisotopic (exact) mass is 310 g/mol. The topological polar surface area (TPSA) is 59.1 Å². The van der Waals surface area contributed by atoms with Gasteiger partial charge in [-0.3, -0.25) is 0 Å². The number of benzene rings is 2. The number of hydrogen-bond acceptors (Lipinski definition) is 4. The third-order valence-corrected chi connectivity index (χ3v) is 4.71. The smallest absolute Gasteiger partial charge is 0.124 e. The van der Waals surface area contributed by atoms with Crippen LogP contribution < -0.4 is 5.73 Å². The molecular formula is C18H18N2OS. The first kappa shape index (κ1) is 14.6. The van der Waals surface area contributed by atoms with Crippen molar-refractivity contribution in [2.75, 3.05) is 5.73 Å². The van der Waals surface area contributed by atoms with Gasteiger partial charge < -0.3 is 10.8 Å². The lowest BCUT2D eigenvalue weighted by Crippen LogP contribution is -1.89. The molecule has 2 aromatic carbocycles. The Labute approximate surface area is 134 Å². The van der Waals surface area contributed by atoms with Crippen molar-refractivity contribution in [3.63, 3.8) is 0 Å². The third kappa shape index (κ3) is 2.57. The van der Waals surface area contributed by atoms with E-state index in [4.69, 9.17) is 5.73 Å². The summed E-state index contributed by atoms with van der Waals surface area (Å²) in [7, 11) is 0. The highest BCUT2D eigenvalue weighted by Gasteiger charge is 2.15. The Morgan fingerprint density at radius 1 is 1.14 bits per heavy atom. The van der Waals surface area contributed by atoms with E-state index in [2.05, 4.69) is 17.4 Å². The zero-order chi connectivity index (χ0) is 15.7. The number of aromatic nitrogens is 1. The van der Waals surface area contributed by atoms with Crippen molar-refractivity contribution in [1.82, 2.24) is 4.37 Å². The Morgan fingerprint density at radius 3 is 2.55 bits per heavy atom. The molecule has 4 heteroatoms. The van der Waals surface area contributed by atoms with Crippen molar-refractivity contribution in [2.45, 2.75) is 20.3 Å². The van der Waals surface area contributed by atoms with E-state index in [0.717, 1.165) is 39.2 Å². The number of rotatable bonds is 3. The summed E-state index contributed by atoms with van der Waals surface area (Å²) in [6.07, 6.45) is 2.78. The van der Waals surface area contributed by atoms with Crippen molar-refractivity contribution in [1.29, 1.82) is 0 Å². The van der Waals surface area contributed by atoms with E-state index in [9.17, 15) is 5.11 Å². The molecule has 0 atom stereocenters. The van der Waals surface area contributed by atoms with Gasteiger partial charge in [0, 0.05) is 23.0 Å².